The van der Waals surface area contributed by atoms with Gasteiger partial charge in [-0.1, -0.05) is 296 Å². The maximum Gasteiger partial charge on any atom is 0.472 e. The molecule has 0 radical (unpaired) electrons. The third-order valence-corrected chi connectivity index (χ3v) is 15.1. The predicted molar refractivity (Wildman–Crippen MR) is 303 cm³/mol. The molecule has 0 aromatic rings. The second-order valence-electron chi connectivity index (χ2n) is 21.3. The molecule has 71 heavy (non-hydrogen) atoms. The van der Waals surface area contributed by atoms with Gasteiger partial charge in [-0.2, -0.15) is 0 Å². The number of phosphoric acid groups is 1. The molecule has 0 aliphatic rings. The van der Waals surface area contributed by atoms with Crippen molar-refractivity contribution in [1.82, 2.24) is 0 Å². The molecule has 0 aliphatic heterocycles. The maximum absolute atomic E-state index is 12.7. The third-order valence-electron chi connectivity index (χ3n) is 14.2. The minimum absolute atomic E-state index is 0.0577. The molecule has 0 rings (SSSR count). The van der Waals surface area contributed by atoms with Crippen LogP contribution in [0.5, 0.6) is 0 Å². The Morgan fingerprint density at radius 1 is 0.408 bits per heavy atom. The lowest BCUT2D eigenvalue weighted by atomic mass is 10.0. The highest BCUT2D eigenvalue weighted by Gasteiger charge is 2.26. The molecule has 9 nitrogen and oxygen atoms in total. The summed E-state index contributed by atoms with van der Waals surface area (Å²) in [7, 11) is -4.38. The van der Waals surface area contributed by atoms with Gasteiger partial charge < -0.3 is 20.1 Å². The van der Waals surface area contributed by atoms with Gasteiger partial charge in [0.25, 0.3) is 0 Å². The number of nitrogens with two attached hydrogens (primary N) is 1. The van der Waals surface area contributed by atoms with Crippen molar-refractivity contribution in [2.24, 2.45) is 5.73 Å². The van der Waals surface area contributed by atoms with Gasteiger partial charge in [0.1, 0.15) is 6.61 Å². The minimum atomic E-state index is -4.38. The molecule has 0 fully saturated rings. The van der Waals surface area contributed by atoms with Crippen LogP contribution in [0.4, 0.5) is 0 Å². The van der Waals surface area contributed by atoms with E-state index in [-0.39, 0.29) is 38.6 Å². The van der Waals surface area contributed by atoms with Gasteiger partial charge >= 0.3 is 19.8 Å². The average molecular weight is 1030 g/mol. The van der Waals surface area contributed by atoms with Crippen molar-refractivity contribution in [1.29, 1.82) is 0 Å². The molecule has 2 atom stereocenters. The Hall–Kier alpha value is -1.25. The number of allylic oxidation sites excluding steroid dienone is 2. The zero-order chi connectivity index (χ0) is 51.7. The molecule has 0 aliphatic carbocycles. The van der Waals surface area contributed by atoms with Crippen molar-refractivity contribution in [3.63, 3.8) is 0 Å². The van der Waals surface area contributed by atoms with E-state index >= 15 is 0 Å². The summed E-state index contributed by atoms with van der Waals surface area (Å²) in [5.41, 5.74) is 5.39. The first kappa shape index (κ1) is 69.8. The fourth-order valence-corrected chi connectivity index (χ4v) is 10.3. The average Bonchev–Trinajstić information content (AvgIpc) is 3.36. The van der Waals surface area contributed by atoms with Crippen LogP contribution in [0.15, 0.2) is 12.2 Å². The van der Waals surface area contributed by atoms with E-state index in [0.717, 1.165) is 32.1 Å². The summed E-state index contributed by atoms with van der Waals surface area (Å²) in [6.45, 7) is 3.81. The highest BCUT2D eigenvalue weighted by atomic mass is 31.2. The molecule has 10 heteroatoms. The molecule has 0 aromatic heterocycles. The Labute approximate surface area is 440 Å². The molecule has 0 aromatic carbocycles. The second kappa shape index (κ2) is 58.0. The Morgan fingerprint density at radius 3 is 1.00 bits per heavy atom. The molecule has 3 N–H and O–H groups in total. The van der Waals surface area contributed by atoms with Crippen LogP contribution >= 0.6 is 7.82 Å². The highest BCUT2D eigenvalue weighted by molar-refractivity contribution is 7.47. The van der Waals surface area contributed by atoms with E-state index in [9.17, 15) is 19.0 Å². The normalized spacial score (nSPS) is 13.0. The number of unbranched alkanes of at least 4 members (excludes halogenated alkanes) is 45. The maximum atomic E-state index is 12.7. The van der Waals surface area contributed by atoms with Crippen LogP contribution in [0.1, 0.15) is 335 Å². The van der Waals surface area contributed by atoms with Gasteiger partial charge in [-0.15, -0.1) is 0 Å². The summed E-state index contributed by atoms with van der Waals surface area (Å²) in [5.74, 6) is -0.804. The molecular formula is C61H120NO8P. The van der Waals surface area contributed by atoms with Crippen LogP contribution in [0.25, 0.3) is 0 Å². The van der Waals surface area contributed by atoms with Crippen molar-refractivity contribution >= 4 is 19.8 Å². The quantitative estimate of drug-likeness (QED) is 0.0264. The predicted octanol–water partition coefficient (Wildman–Crippen LogP) is 19.6. The first-order valence-electron chi connectivity index (χ1n) is 31.2. The Morgan fingerprint density at radius 2 is 0.690 bits per heavy atom. The number of rotatable bonds is 60. The van der Waals surface area contributed by atoms with Crippen molar-refractivity contribution < 1.29 is 37.6 Å². The summed E-state index contributed by atoms with van der Waals surface area (Å²) in [4.78, 5) is 35.2. The van der Waals surface area contributed by atoms with E-state index in [1.807, 2.05) is 0 Å². The Bertz CT molecular complexity index is 1170. The standard InChI is InChI=1S/C61H120NO8P/c1-3-5-7-9-11-13-15-17-19-21-22-23-24-25-26-27-28-29-30-31-32-33-34-35-36-38-40-42-44-46-48-50-52-54-61(64)70-59(58-69-71(65,66)68-56-55-62)57-67-60(63)53-51-49-47-45-43-41-39-37-20-18-16-14-12-10-8-6-4-2/h21-22,59H,3-20,23-58,62H2,1-2H3,(H,65,66)/b22-21-. The van der Waals surface area contributed by atoms with Gasteiger partial charge in [-0.05, 0) is 38.5 Å². The molecule has 0 saturated heterocycles. The van der Waals surface area contributed by atoms with Crippen molar-refractivity contribution in [2.75, 3.05) is 26.4 Å². The first-order valence-corrected chi connectivity index (χ1v) is 32.7. The minimum Gasteiger partial charge on any atom is -0.462 e. The zero-order valence-corrected chi connectivity index (χ0v) is 48.1. The summed E-state index contributed by atoms with van der Waals surface area (Å²) in [6.07, 6.45) is 67.2. The van der Waals surface area contributed by atoms with Crippen LogP contribution in [0.3, 0.4) is 0 Å². The van der Waals surface area contributed by atoms with Gasteiger partial charge in [0.05, 0.1) is 13.2 Å². The lowest BCUT2D eigenvalue weighted by Gasteiger charge is -2.19. The van der Waals surface area contributed by atoms with Crippen molar-refractivity contribution in [3.05, 3.63) is 12.2 Å². The summed E-state index contributed by atoms with van der Waals surface area (Å²) in [5, 5.41) is 0. The van der Waals surface area contributed by atoms with Crippen LogP contribution in [0.2, 0.25) is 0 Å². The lowest BCUT2D eigenvalue weighted by molar-refractivity contribution is -0.161. The van der Waals surface area contributed by atoms with Gasteiger partial charge in [0, 0.05) is 19.4 Å². The van der Waals surface area contributed by atoms with Crippen LogP contribution < -0.4 is 5.73 Å². The summed E-state index contributed by atoms with van der Waals surface area (Å²) < 4.78 is 33.1. The molecule has 422 valence electrons. The second-order valence-corrected chi connectivity index (χ2v) is 22.7. The van der Waals surface area contributed by atoms with Gasteiger partial charge in [-0.25, -0.2) is 4.57 Å². The number of hydrogen-bond acceptors (Lipinski definition) is 8. The van der Waals surface area contributed by atoms with Crippen molar-refractivity contribution in [2.45, 2.75) is 341 Å². The smallest absolute Gasteiger partial charge is 0.462 e. The van der Waals surface area contributed by atoms with Crippen LogP contribution in [-0.2, 0) is 32.7 Å². The lowest BCUT2D eigenvalue weighted by Crippen LogP contribution is -2.29. The summed E-state index contributed by atoms with van der Waals surface area (Å²) in [6, 6.07) is 0. The molecule has 0 amide bonds. The number of ether oxygens (including phenoxy) is 2. The van der Waals surface area contributed by atoms with Crippen LogP contribution in [-0.4, -0.2) is 49.3 Å². The van der Waals surface area contributed by atoms with Crippen LogP contribution in [0, 0.1) is 0 Å². The van der Waals surface area contributed by atoms with Gasteiger partial charge in [0.15, 0.2) is 6.10 Å². The van der Waals surface area contributed by atoms with E-state index in [1.165, 1.54) is 270 Å². The number of carbonyl (C=O) groups is 2. The fraction of sp³-hybridized carbons (Fsp3) is 0.934. The molecule has 0 spiro atoms. The van der Waals surface area contributed by atoms with E-state index in [2.05, 4.69) is 26.0 Å². The molecule has 0 bridgehead atoms. The molecule has 0 heterocycles. The number of carbonyl (C=O) groups excluding carboxylic acids is 2. The van der Waals surface area contributed by atoms with Crippen molar-refractivity contribution in [3.8, 4) is 0 Å². The number of esters is 2. The molecular weight excluding hydrogens is 906 g/mol. The van der Waals surface area contributed by atoms with E-state index in [1.54, 1.807) is 0 Å². The number of phosphoric ester groups is 1. The first-order chi connectivity index (χ1) is 34.8. The molecule has 2 unspecified atom stereocenters. The largest absolute Gasteiger partial charge is 0.472 e. The number of hydrogen-bond donors (Lipinski definition) is 2. The topological polar surface area (TPSA) is 134 Å². The SMILES string of the molecule is CCCCCCCCCC/C=C\CCCCCCCCCCCCCCCCCCCCCCCC(=O)OC(COC(=O)CCCCCCCCCCCCCCCCCCC)COP(=O)(O)OCCN. The highest BCUT2D eigenvalue weighted by Crippen LogP contribution is 2.43. The third kappa shape index (κ3) is 57.9. The molecule has 0 saturated carbocycles. The van der Waals surface area contributed by atoms with Gasteiger partial charge in [0.2, 0.25) is 0 Å². The Kier molecular flexibility index (Phi) is 57.0. The monoisotopic (exact) mass is 1030 g/mol. The van der Waals surface area contributed by atoms with E-state index < -0.39 is 26.5 Å². The Balaban J connectivity index is 3.81. The van der Waals surface area contributed by atoms with E-state index in [4.69, 9.17) is 24.3 Å². The zero-order valence-electron chi connectivity index (χ0n) is 47.2. The summed E-state index contributed by atoms with van der Waals surface area (Å²) >= 11 is 0. The van der Waals surface area contributed by atoms with E-state index in [0.29, 0.717) is 6.42 Å². The van der Waals surface area contributed by atoms with Gasteiger partial charge in [-0.3, -0.25) is 18.6 Å². The fourth-order valence-electron chi connectivity index (χ4n) is 9.52.